The van der Waals surface area contributed by atoms with Gasteiger partial charge in [-0.15, -0.1) is 0 Å². The van der Waals surface area contributed by atoms with Gasteiger partial charge in [-0.05, 0) is 13.0 Å². The summed E-state index contributed by atoms with van der Waals surface area (Å²) in [4.78, 5) is 15.7. The summed E-state index contributed by atoms with van der Waals surface area (Å²) in [6.45, 7) is 3.02. The molecule has 0 radical (unpaired) electrons. The SMILES string of the molecule is CCOC(=O)c1cc(N)cnc1OCCCOC. The van der Waals surface area contributed by atoms with Crippen molar-refractivity contribution in [1.82, 2.24) is 4.98 Å². The third-order valence-corrected chi connectivity index (χ3v) is 2.10. The van der Waals surface area contributed by atoms with Gasteiger partial charge in [-0.2, -0.15) is 0 Å². The van der Waals surface area contributed by atoms with Gasteiger partial charge in [0.1, 0.15) is 5.56 Å². The van der Waals surface area contributed by atoms with Crippen molar-refractivity contribution in [3.05, 3.63) is 17.8 Å². The molecule has 1 aromatic rings. The predicted molar refractivity (Wildman–Crippen MR) is 66.6 cm³/mol. The molecule has 0 aliphatic carbocycles. The van der Waals surface area contributed by atoms with E-state index in [0.717, 1.165) is 0 Å². The standard InChI is InChI=1S/C12H18N2O4/c1-3-17-12(15)10-7-9(13)8-14-11(10)18-6-4-5-16-2/h7-8H,3-6,13H2,1-2H3. The number of nitrogens with zero attached hydrogens (tertiary/aromatic N) is 1. The number of esters is 1. The van der Waals surface area contributed by atoms with Crippen molar-refractivity contribution in [3.8, 4) is 5.88 Å². The monoisotopic (exact) mass is 254 g/mol. The summed E-state index contributed by atoms with van der Waals surface area (Å²) in [5.41, 5.74) is 6.23. The average molecular weight is 254 g/mol. The number of anilines is 1. The summed E-state index contributed by atoms with van der Waals surface area (Å²) >= 11 is 0. The number of hydrogen-bond donors (Lipinski definition) is 1. The van der Waals surface area contributed by atoms with E-state index < -0.39 is 5.97 Å². The number of ether oxygens (including phenoxy) is 3. The number of aromatic nitrogens is 1. The number of carbonyl (C=O) groups is 1. The van der Waals surface area contributed by atoms with Crippen molar-refractivity contribution in [2.75, 3.05) is 32.7 Å². The lowest BCUT2D eigenvalue weighted by atomic mass is 10.2. The van der Waals surface area contributed by atoms with Gasteiger partial charge in [-0.1, -0.05) is 0 Å². The van der Waals surface area contributed by atoms with Crippen LogP contribution in [0.25, 0.3) is 0 Å². The molecule has 0 saturated heterocycles. The van der Waals surface area contributed by atoms with E-state index in [1.165, 1.54) is 12.3 Å². The van der Waals surface area contributed by atoms with E-state index in [1.54, 1.807) is 14.0 Å². The number of nitrogen functional groups attached to an aromatic ring is 1. The second-order valence-corrected chi connectivity index (χ2v) is 3.54. The second kappa shape index (κ2) is 7.50. The van der Waals surface area contributed by atoms with Crippen LogP contribution in [0.5, 0.6) is 5.88 Å². The molecule has 6 heteroatoms. The molecule has 0 aliphatic rings. The molecule has 6 nitrogen and oxygen atoms in total. The van der Waals surface area contributed by atoms with E-state index in [1.807, 2.05) is 0 Å². The minimum absolute atomic E-state index is 0.235. The smallest absolute Gasteiger partial charge is 0.343 e. The first kappa shape index (κ1) is 14.2. The van der Waals surface area contributed by atoms with Crippen LogP contribution in [0.2, 0.25) is 0 Å². The quantitative estimate of drug-likeness (QED) is 0.582. The third kappa shape index (κ3) is 4.21. The second-order valence-electron chi connectivity index (χ2n) is 3.54. The molecule has 18 heavy (non-hydrogen) atoms. The van der Waals surface area contributed by atoms with Crippen LogP contribution in [-0.4, -0.2) is 37.9 Å². The highest BCUT2D eigenvalue weighted by Crippen LogP contribution is 2.19. The van der Waals surface area contributed by atoms with Crippen molar-refractivity contribution in [2.45, 2.75) is 13.3 Å². The van der Waals surface area contributed by atoms with Gasteiger partial charge in [-0.3, -0.25) is 0 Å². The van der Waals surface area contributed by atoms with Crippen LogP contribution in [0.4, 0.5) is 5.69 Å². The van der Waals surface area contributed by atoms with Crippen LogP contribution < -0.4 is 10.5 Å². The molecule has 2 N–H and O–H groups in total. The van der Waals surface area contributed by atoms with E-state index in [2.05, 4.69) is 4.98 Å². The molecule has 0 bridgehead atoms. The third-order valence-electron chi connectivity index (χ3n) is 2.10. The van der Waals surface area contributed by atoms with Crippen molar-refractivity contribution in [1.29, 1.82) is 0 Å². The normalized spacial score (nSPS) is 10.1. The molecule has 0 saturated carbocycles. The fraction of sp³-hybridized carbons (Fsp3) is 0.500. The van der Waals surface area contributed by atoms with E-state index >= 15 is 0 Å². The molecule has 0 aliphatic heterocycles. The highest BCUT2D eigenvalue weighted by Gasteiger charge is 2.15. The maximum absolute atomic E-state index is 11.7. The summed E-state index contributed by atoms with van der Waals surface area (Å²) in [6.07, 6.45) is 2.15. The molecule has 0 atom stereocenters. The molecule has 100 valence electrons. The highest BCUT2D eigenvalue weighted by atomic mass is 16.5. The van der Waals surface area contributed by atoms with Gasteiger partial charge in [0.05, 0.1) is 25.1 Å². The van der Waals surface area contributed by atoms with Crippen molar-refractivity contribution >= 4 is 11.7 Å². The summed E-state index contributed by atoms with van der Waals surface area (Å²) in [6, 6.07) is 1.50. The number of methoxy groups -OCH3 is 1. The van der Waals surface area contributed by atoms with Gasteiger partial charge < -0.3 is 19.9 Å². The average Bonchev–Trinajstić information content (AvgIpc) is 2.36. The molecule has 1 aromatic heterocycles. The van der Waals surface area contributed by atoms with Crippen LogP contribution in [0.15, 0.2) is 12.3 Å². The number of hydrogen-bond acceptors (Lipinski definition) is 6. The lowest BCUT2D eigenvalue weighted by molar-refractivity contribution is 0.0520. The Morgan fingerprint density at radius 2 is 2.22 bits per heavy atom. The van der Waals surface area contributed by atoms with E-state index in [0.29, 0.717) is 25.3 Å². The van der Waals surface area contributed by atoms with Gasteiger partial charge in [0.15, 0.2) is 0 Å². The van der Waals surface area contributed by atoms with Crippen molar-refractivity contribution < 1.29 is 19.0 Å². The molecular weight excluding hydrogens is 236 g/mol. The number of carbonyl (C=O) groups excluding carboxylic acids is 1. The topological polar surface area (TPSA) is 83.7 Å². The Morgan fingerprint density at radius 1 is 1.44 bits per heavy atom. The Balaban J connectivity index is 2.73. The van der Waals surface area contributed by atoms with E-state index in [4.69, 9.17) is 19.9 Å². The van der Waals surface area contributed by atoms with Gasteiger partial charge in [0, 0.05) is 20.1 Å². The minimum atomic E-state index is -0.487. The predicted octanol–water partition coefficient (Wildman–Crippen LogP) is 1.26. The van der Waals surface area contributed by atoms with Gasteiger partial charge in [0.2, 0.25) is 5.88 Å². The first-order valence-electron chi connectivity index (χ1n) is 5.73. The zero-order valence-corrected chi connectivity index (χ0v) is 10.6. The summed E-state index contributed by atoms with van der Waals surface area (Å²) in [7, 11) is 1.62. The van der Waals surface area contributed by atoms with Crippen LogP contribution in [-0.2, 0) is 9.47 Å². The largest absolute Gasteiger partial charge is 0.477 e. The molecule has 0 fully saturated rings. The molecule has 1 rings (SSSR count). The van der Waals surface area contributed by atoms with Gasteiger partial charge in [-0.25, -0.2) is 9.78 Å². The zero-order valence-electron chi connectivity index (χ0n) is 10.6. The van der Waals surface area contributed by atoms with Gasteiger partial charge in [0.25, 0.3) is 0 Å². The van der Waals surface area contributed by atoms with Crippen LogP contribution in [0.3, 0.4) is 0 Å². The minimum Gasteiger partial charge on any atom is -0.477 e. The zero-order chi connectivity index (χ0) is 13.4. The van der Waals surface area contributed by atoms with Crippen LogP contribution in [0, 0.1) is 0 Å². The highest BCUT2D eigenvalue weighted by molar-refractivity contribution is 5.92. The Morgan fingerprint density at radius 3 is 2.89 bits per heavy atom. The number of pyridine rings is 1. The molecular formula is C12H18N2O4. The summed E-state index contributed by atoms with van der Waals surface area (Å²) in [5, 5.41) is 0. The Kier molecular flexibility index (Phi) is 5.93. The van der Waals surface area contributed by atoms with E-state index in [-0.39, 0.29) is 18.1 Å². The lowest BCUT2D eigenvalue weighted by Gasteiger charge is -2.10. The maximum Gasteiger partial charge on any atom is 0.343 e. The molecule has 0 spiro atoms. The summed E-state index contributed by atoms with van der Waals surface area (Å²) in [5.74, 6) is -0.252. The first-order valence-corrected chi connectivity index (χ1v) is 5.73. The fourth-order valence-electron chi connectivity index (χ4n) is 1.31. The molecule has 0 amide bonds. The molecule has 0 aromatic carbocycles. The Hall–Kier alpha value is -1.82. The van der Waals surface area contributed by atoms with Crippen LogP contribution >= 0.6 is 0 Å². The molecule has 1 heterocycles. The fourth-order valence-corrected chi connectivity index (χ4v) is 1.31. The Bertz CT molecular complexity index is 396. The first-order chi connectivity index (χ1) is 8.69. The van der Waals surface area contributed by atoms with Crippen molar-refractivity contribution in [3.63, 3.8) is 0 Å². The summed E-state index contributed by atoms with van der Waals surface area (Å²) < 4.78 is 15.2. The lowest BCUT2D eigenvalue weighted by Crippen LogP contribution is -2.11. The van der Waals surface area contributed by atoms with Gasteiger partial charge >= 0.3 is 5.97 Å². The van der Waals surface area contributed by atoms with E-state index in [9.17, 15) is 4.79 Å². The van der Waals surface area contributed by atoms with Crippen LogP contribution in [0.1, 0.15) is 23.7 Å². The number of rotatable bonds is 7. The Labute approximate surface area is 106 Å². The number of nitrogens with two attached hydrogens (primary N) is 1. The van der Waals surface area contributed by atoms with Crippen molar-refractivity contribution in [2.24, 2.45) is 0 Å². The molecule has 0 unspecified atom stereocenters. The maximum atomic E-state index is 11.7.